The SMILES string of the molecule is C=CCNC(=NCc1nnc(C)n1C)NC1CCCSC1.I. The predicted molar refractivity (Wildman–Crippen MR) is 104 cm³/mol. The first kappa shape index (κ1) is 19.3. The molecule has 0 bridgehead atoms. The number of hydrogen-bond donors (Lipinski definition) is 2. The highest BCUT2D eigenvalue weighted by Crippen LogP contribution is 2.16. The van der Waals surface area contributed by atoms with E-state index in [0.717, 1.165) is 23.4 Å². The molecule has 2 rings (SSSR count). The molecule has 0 amide bonds. The van der Waals surface area contributed by atoms with Crippen molar-refractivity contribution in [2.45, 2.75) is 32.4 Å². The molecule has 22 heavy (non-hydrogen) atoms. The van der Waals surface area contributed by atoms with Gasteiger partial charge in [-0.25, -0.2) is 4.99 Å². The van der Waals surface area contributed by atoms with Crippen molar-refractivity contribution in [1.29, 1.82) is 0 Å². The van der Waals surface area contributed by atoms with Crippen molar-refractivity contribution >= 4 is 41.7 Å². The van der Waals surface area contributed by atoms with E-state index >= 15 is 0 Å². The fraction of sp³-hybridized carbons (Fsp3) is 0.643. The summed E-state index contributed by atoms with van der Waals surface area (Å²) in [5.41, 5.74) is 0. The molecule has 8 heteroatoms. The number of aliphatic imine (C=N–C) groups is 1. The van der Waals surface area contributed by atoms with Crippen molar-refractivity contribution in [2.24, 2.45) is 12.0 Å². The summed E-state index contributed by atoms with van der Waals surface area (Å²) >= 11 is 2.00. The maximum atomic E-state index is 4.61. The number of aromatic nitrogens is 3. The Morgan fingerprint density at radius 2 is 2.36 bits per heavy atom. The number of thioether (sulfide) groups is 1. The van der Waals surface area contributed by atoms with Crippen LogP contribution in [0.1, 0.15) is 24.5 Å². The van der Waals surface area contributed by atoms with Gasteiger partial charge in [0.15, 0.2) is 11.8 Å². The zero-order valence-corrected chi connectivity index (χ0v) is 16.4. The van der Waals surface area contributed by atoms with E-state index in [1.54, 1.807) is 0 Å². The van der Waals surface area contributed by atoms with E-state index in [1.165, 1.54) is 18.6 Å². The van der Waals surface area contributed by atoms with Gasteiger partial charge in [0, 0.05) is 25.4 Å². The van der Waals surface area contributed by atoms with Crippen molar-refractivity contribution in [3.8, 4) is 0 Å². The molecule has 1 aliphatic rings. The summed E-state index contributed by atoms with van der Waals surface area (Å²) in [5.74, 6) is 4.99. The van der Waals surface area contributed by atoms with Gasteiger partial charge in [0.2, 0.25) is 0 Å². The van der Waals surface area contributed by atoms with Gasteiger partial charge in [0.25, 0.3) is 0 Å². The molecule has 6 nitrogen and oxygen atoms in total. The lowest BCUT2D eigenvalue weighted by atomic mass is 10.2. The molecule has 0 aliphatic carbocycles. The fourth-order valence-corrected chi connectivity index (χ4v) is 3.18. The Morgan fingerprint density at radius 3 is 2.95 bits per heavy atom. The van der Waals surface area contributed by atoms with Crippen molar-refractivity contribution in [2.75, 3.05) is 18.1 Å². The van der Waals surface area contributed by atoms with Crippen LogP contribution in [0.25, 0.3) is 0 Å². The maximum Gasteiger partial charge on any atom is 0.192 e. The molecule has 0 saturated carbocycles. The largest absolute Gasteiger partial charge is 0.353 e. The zero-order valence-electron chi connectivity index (χ0n) is 13.2. The molecule has 2 heterocycles. The van der Waals surface area contributed by atoms with Gasteiger partial charge in [-0.05, 0) is 25.5 Å². The molecule has 124 valence electrons. The van der Waals surface area contributed by atoms with E-state index in [9.17, 15) is 0 Å². The van der Waals surface area contributed by atoms with Crippen molar-refractivity contribution in [3.05, 3.63) is 24.3 Å². The standard InChI is InChI=1S/C14H24N6S.HI/c1-4-7-15-14(17-12-6-5-8-21-10-12)16-9-13-19-18-11(2)20(13)3;/h4,12H,1,5-10H2,2-3H3,(H2,15,16,17);1H. The molecule has 1 aliphatic heterocycles. The summed E-state index contributed by atoms with van der Waals surface area (Å²) in [4.78, 5) is 4.61. The summed E-state index contributed by atoms with van der Waals surface area (Å²) in [6.45, 7) is 6.89. The van der Waals surface area contributed by atoms with E-state index in [0.29, 0.717) is 19.1 Å². The van der Waals surface area contributed by atoms with Crippen LogP contribution in [0.15, 0.2) is 17.6 Å². The monoisotopic (exact) mass is 436 g/mol. The number of hydrogen-bond acceptors (Lipinski definition) is 4. The topological polar surface area (TPSA) is 67.1 Å². The smallest absolute Gasteiger partial charge is 0.192 e. The Morgan fingerprint density at radius 1 is 1.55 bits per heavy atom. The van der Waals surface area contributed by atoms with Gasteiger partial charge in [0.05, 0.1) is 0 Å². The minimum absolute atomic E-state index is 0. The van der Waals surface area contributed by atoms with Crippen molar-refractivity contribution in [1.82, 2.24) is 25.4 Å². The van der Waals surface area contributed by atoms with Gasteiger partial charge in [-0.1, -0.05) is 6.08 Å². The summed E-state index contributed by atoms with van der Waals surface area (Å²) in [5, 5.41) is 15.0. The second-order valence-electron chi connectivity index (χ2n) is 5.12. The Kier molecular flexibility index (Phi) is 8.84. The van der Waals surface area contributed by atoms with Crippen molar-refractivity contribution < 1.29 is 0 Å². The number of aryl methyl sites for hydroxylation is 1. The van der Waals surface area contributed by atoms with Crippen LogP contribution in [0, 0.1) is 6.92 Å². The second-order valence-corrected chi connectivity index (χ2v) is 6.27. The second kappa shape index (κ2) is 10.1. The van der Waals surface area contributed by atoms with Crippen LogP contribution in [0.2, 0.25) is 0 Å². The lowest BCUT2D eigenvalue weighted by molar-refractivity contribution is 0.582. The van der Waals surface area contributed by atoms with Crippen molar-refractivity contribution in [3.63, 3.8) is 0 Å². The van der Waals surface area contributed by atoms with E-state index in [4.69, 9.17) is 0 Å². The van der Waals surface area contributed by atoms with Gasteiger partial charge >= 0.3 is 0 Å². The summed E-state index contributed by atoms with van der Waals surface area (Å²) in [6, 6.07) is 0.487. The van der Waals surface area contributed by atoms with Gasteiger partial charge in [-0.3, -0.25) is 0 Å². The van der Waals surface area contributed by atoms with Crippen LogP contribution in [0.4, 0.5) is 0 Å². The lowest BCUT2D eigenvalue weighted by Crippen LogP contribution is -2.45. The van der Waals surface area contributed by atoms with Crippen LogP contribution < -0.4 is 10.6 Å². The summed E-state index contributed by atoms with van der Waals surface area (Å²) < 4.78 is 1.96. The van der Waals surface area contributed by atoms with E-state index in [-0.39, 0.29) is 24.0 Å². The quantitative estimate of drug-likeness (QED) is 0.319. The molecule has 0 radical (unpaired) electrons. The first-order valence-corrected chi connectivity index (χ1v) is 8.44. The summed E-state index contributed by atoms with van der Waals surface area (Å²) in [6.07, 6.45) is 4.30. The zero-order chi connectivity index (χ0) is 15.1. The van der Waals surface area contributed by atoms with Gasteiger partial charge in [0.1, 0.15) is 12.4 Å². The van der Waals surface area contributed by atoms with Gasteiger partial charge in [-0.2, -0.15) is 11.8 Å². The van der Waals surface area contributed by atoms with Crippen LogP contribution in [0.3, 0.4) is 0 Å². The minimum atomic E-state index is 0. The number of halogens is 1. The molecule has 1 aromatic heterocycles. The Balaban J connectivity index is 0.00000242. The van der Waals surface area contributed by atoms with E-state index in [2.05, 4.69) is 32.4 Å². The molecule has 0 spiro atoms. The van der Waals surface area contributed by atoms with Crippen LogP contribution in [-0.4, -0.2) is 44.8 Å². The highest BCUT2D eigenvalue weighted by molar-refractivity contribution is 14.0. The highest BCUT2D eigenvalue weighted by Gasteiger charge is 2.15. The number of guanidine groups is 1. The molecule has 1 unspecified atom stereocenters. The minimum Gasteiger partial charge on any atom is -0.353 e. The van der Waals surface area contributed by atoms with Crippen LogP contribution in [-0.2, 0) is 13.6 Å². The Bertz CT molecular complexity index is 496. The molecule has 1 fully saturated rings. The number of rotatable bonds is 5. The molecule has 1 atom stereocenters. The normalized spacial score (nSPS) is 18.5. The average molecular weight is 436 g/mol. The molecule has 0 aromatic carbocycles. The number of nitrogens with zero attached hydrogens (tertiary/aromatic N) is 4. The fourth-order valence-electron chi connectivity index (χ4n) is 2.11. The first-order chi connectivity index (χ1) is 10.2. The molecular weight excluding hydrogens is 411 g/mol. The molecule has 1 saturated heterocycles. The predicted octanol–water partition coefficient (Wildman–Crippen LogP) is 1.86. The first-order valence-electron chi connectivity index (χ1n) is 7.29. The van der Waals surface area contributed by atoms with E-state index < -0.39 is 0 Å². The van der Waals surface area contributed by atoms with E-state index in [1.807, 2.05) is 36.4 Å². The summed E-state index contributed by atoms with van der Waals surface area (Å²) in [7, 11) is 1.96. The van der Waals surface area contributed by atoms with Crippen LogP contribution in [0.5, 0.6) is 0 Å². The molecule has 2 N–H and O–H groups in total. The average Bonchev–Trinajstić information content (AvgIpc) is 2.83. The Hall–Kier alpha value is -0.770. The molecule has 1 aromatic rings. The highest BCUT2D eigenvalue weighted by atomic mass is 127. The third-order valence-corrected chi connectivity index (χ3v) is 4.69. The molecular formula is C14H25IN6S. The van der Waals surface area contributed by atoms with Crippen LogP contribution >= 0.6 is 35.7 Å². The number of nitrogens with one attached hydrogen (secondary N) is 2. The third kappa shape index (κ3) is 5.79. The Labute approximate surface area is 153 Å². The maximum absolute atomic E-state index is 4.61. The van der Waals surface area contributed by atoms with Gasteiger partial charge in [-0.15, -0.1) is 40.8 Å². The lowest BCUT2D eigenvalue weighted by Gasteiger charge is -2.24. The third-order valence-electron chi connectivity index (χ3n) is 3.48. The van der Waals surface area contributed by atoms with Gasteiger partial charge < -0.3 is 15.2 Å².